The van der Waals surface area contributed by atoms with E-state index >= 15 is 0 Å². The summed E-state index contributed by atoms with van der Waals surface area (Å²) >= 11 is 3.82. The monoisotopic (exact) mass is 719 g/mol. The van der Waals surface area contributed by atoms with Crippen LogP contribution < -0.4 is 11.1 Å². The van der Waals surface area contributed by atoms with E-state index in [-0.39, 0.29) is 46.5 Å². The molecule has 254 valence electrons. The first kappa shape index (κ1) is 34.1. The second-order valence-electron chi connectivity index (χ2n) is 11.0. The van der Waals surface area contributed by atoms with E-state index < -0.39 is 36.0 Å². The first-order chi connectivity index (χ1) is 23.9. The Bertz CT molecular complexity index is 1790. The zero-order chi connectivity index (χ0) is 34.3. The van der Waals surface area contributed by atoms with Gasteiger partial charge in [0.1, 0.15) is 41.8 Å². The second-order valence-corrected chi connectivity index (χ2v) is 13.9. The van der Waals surface area contributed by atoms with Crippen LogP contribution in [-0.4, -0.2) is 74.1 Å². The molecule has 4 aromatic rings. The summed E-state index contributed by atoms with van der Waals surface area (Å²) in [4.78, 5) is 52.8. The van der Waals surface area contributed by atoms with Gasteiger partial charge < -0.3 is 25.4 Å². The third-order valence-electron chi connectivity index (χ3n) is 7.91. The van der Waals surface area contributed by atoms with Crippen molar-refractivity contribution in [2.24, 2.45) is 5.16 Å². The average molecular weight is 720 g/mol. The molecule has 2 amide bonds. The van der Waals surface area contributed by atoms with Crippen LogP contribution in [0.25, 0.3) is 0 Å². The third kappa shape index (κ3) is 7.60. The molecule has 6 rings (SSSR count). The highest BCUT2D eigenvalue weighted by Crippen LogP contribution is 2.37. The summed E-state index contributed by atoms with van der Waals surface area (Å²) in [5.74, 6) is -1.45. The lowest BCUT2D eigenvalue weighted by Gasteiger charge is -2.49. The topological polar surface area (TPSA) is 171 Å². The molecule has 1 saturated heterocycles. The van der Waals surface area contributed by atoms with E-state index in [1.54, 1.807) is 10.9 Å². The van der Waals surface area contributed by atoms with Crippen LogP contribution in [0.4, 0.5) is 5.13 Å². The summed E-state index contributed by atoms with van der Waals surface area (Å²) in [6.45, 7) is 3.93. The van der Waals surface area contributed by atoms with Crippen LogP contribution in [0.3, 0.4) is 0 Å². The summed E-state index contributed by atoms with van der Waals surface area (Å²) < 4.78 is 13.0. The van der Waals surface area contributed by atoms with Gasteiger partial charge in [-0.3, -0.25) is 14.5 Å². The minimum absolute atomic E-state index is 0.0284. The highest BCUT2D eigenvalue weighted by molar-refractivity contribution is 8.01. The van der Waals surface area contributed by atoms with Gasteiger partial charge >= 0.3 is 5.97 Å². The number of nitrogen functional groups attached to an aromatic ring is 1. The quantitative estimate of drug-likeness (QED) is 0.0616. The fourth-order valence-corrected chi connectivity index (χ4v) is 7.32. The highest BCUT2D eigenvalue weighted by Gasteiger charge is 2.55. The molecule has 16 heteroatoms. The van der Waals surface area contributed by atoms with Gasteiger partial charge in [-0.05, 0) is 24.0 Å². The van der Waals surface area contributed by atoms with Gasteiger partial charge in [0.25, 0.3) is 11.8 Å². The molecule has 49 heavy (non-hydrogen) atoms. The predicted octanol–water partition coefficient (Wildman–Crippen LogP) is 4.55. The van der Waals surface area contributed by atoms with Crippen LogP contribution in [0, 0.1) is 0 Å². The largest absolute Gasteiger partial charge is 0.492 e. The van der Waals surface area contributed by atoms with Crippen molar-refractivity contribution in [3.05, 3.63) is 99.8 Å². The van der Waals surface area contributed by atoms with E-state index in [0.29, 0.717) is 17.2 Å². The lowest BCUT2D eigenvalue weighted by atomic mass is 9.92. The van der Waals surface area contributed by atoms with E-state index in [1.807, 2.05) is 74.5 Å². The number of thioether (sulfide) groups is 1. The van der Waals surface area contributed by atoms with E-state index in [2.05, 4.69) is 25.7 Å². The predicted molar refractivity (Wildman–Crippen MR) is 186 cm³/mol. The number of nitrogens with one attached hydrogen (secondary N) is 1. The molecule has 2 unspecified atom stereocenters. The van der Waals surface area contributed by atoms with Crippen LogP contribution in [0.15, 0.2) is 92.5 Å². The second kappa shape index (κ2) is 15.6. The molecule has 2 aliphatic heterocycles. The Kier molecular flexibility index (Phi) is 10.9. The molecule has 3 N–H and O–H groups in total. The van der Waals surface area contributed by atoms with E-state index in [0.717, 1.165) is 22.5 Å². The Morgan fingerprint density at radius 2 is 1.80 bits per heavy atom. The number of carbonyl (C=O) groups excluding carboxylic acids is 3. The summed E-state index contributed by atoms with van der Waals surface area (Å²) in [5, 5.41) is 16.7. The summed E-state index contributed by atoms with van der Waals surface area (Å²) in [6, 6.07) is 17.0. The van der Waals surface area contributed by atoms with Crippen LogP contribution >= 0.6 is 34.4 Å². The highest BCUT2D eigenvalue weighted by atomic mass is 32.2. The van der Waals surface area contributed by atoms with Crippen molar-refractivity contribution in [3.8, 4) is 0 Å². The number of rotatable bonds is 14. The molecule has 13 nitrogen and oxygen atoms in total. The number of thiazole rings is 1. The zero-order valence-electron chi connectivity index (χ0n) is 26.6. The number of β-lactam (4-membered cyclic amide) rings is 1. The number of benzene rings is 2. The smallest absolute Gasteiger partial charge is 0.359 e. The van der Waals surface area contributed by atoms with Crippen molar-refractivity contribution in [1.82, 2.24) is 25.4 Å². The fraction of sp³-hybridized carbons (Fsp3) is 0.303. The van der Waals surface area contributed by atoms with Gasteiger partial charge in [0.05, 0.1) is 5.75 Å². The summed E-state index contributed by atoms with van der Waals surface area (Å²) in [6.07, 6.45) is 0.400. The number of ether oxygens (including phenoxy) is 2. The minimum atomic E-state index is -1.01. The number of nitrogens with two attached hydrogens (primary N) is 1. The van der Waals surface area contributed by atoms with Gasteiger partial charge in [0, 0.05) is 5.38 Å². The van der Waals surface area contributed by atoms with Gasteiger partial charge in [-0.1, -0.05) is 103 Å². The number of amides is 2. The van der Waals surface area contributed by atoms with Gasteiger partial charge in [-0.15, -0.1) is 21.5 Å². The van der Waals surface area contributed by atoms with Crippen LogP contribution in [-0.2, 0) is 28.7 Å². The maximum Gasteiger partial charge on any atom is 0.359 e. The van der Waals surface area contributed by atoms with Crippen LogP contribution in [0.2, 0.25) is 0 Å². The number of carbonyl (C=O) groups is 3. The molecule has 2 aliphatic rings. The molecule has 2 aromatic carbocycles. The van der Waals surface area contributed by atoms with Gasteiger partial charge in [-0.2, -0.15) is 0 Å². The molecule has 0 aliphatic carbocycles. The maximum atomic E-state index is 14.2. The molecule has 0 radical (unpaired) electrons. The summed E-state index contributed by atoms with van der Waals surface area (Å²) in [7, 11) is 0. The number of esters is 1. The van der Waals surface area contributed by atoms with Gasteiger partial charge in [-0.25, -0.2) is 9.78 Å². The SMILES string of the molecule is CCC(CC)O/N=C(\C(=O)NC1C(=O)N2C(C(=O)OC(c3ccccc3)c3ccccc3)=C(CSc3nncs3)OCC12)c1csc(N)n1. The Morgan fingerprint density at radius 3 is 2.39 bits per heavy atom. The lowest BCUT2D eigenvalue weighted by molar-refractivity contribution is -0.163. The molecular weight excluding hydrogens is 687 g/mol. The molecule has 4 heterocycles. The Labute approximate surface area is 294 Å². The van der Waals surface area contributed by atoms with Crippen LogP contribution in [0.1, 0.15) is 49.6 Å². The van der Waals surface area contributed by atoms with Crippen molar-refractivity contribution >= 4 is 63.1 Å². The van der Waals surface area contributed by atoms with E-state index in [9.17, 15) is 14.4 Å². The third-order valence-corrected chi connectivity index (χ3v) is 10.4. The number of oxime groups is 1. The molecule has 0 saturated carbocycles. The number of hydrogen-bond acceptors (Lipinski definition) is 14. The molecule has 2 aromatic heterocycles. The van der Waals surface area contributed by atoms with Gasteiger partial charge in [0.15, 0.2) is 27.0 Å². The van der Waals surface area contributed by atoms with Crippen molar-refractivity contribution in [2.75, 3.05) is 18.1 Å². The Hall–Kier alpha value is -4.80. The Morgan fingerprint density at radius 1 is 1.10 bits per heavy atom. The summed E-state index contributed by atoms with van der Waals surface area (Å²) in [5.41, 5.74) is 9.04. The number of fused-ring (bicyclic) bond motifs is 1. The van der Waals surface area contributed by atoms with Crippen molar-refractivity contribution in [2.45, 2.75) is 55.3 Å². The number of hydrogen-bond donors (Lipinski definition) is 2. The van der Waals surface area contributed by atoms with Crippen LogP contribution in [0.5, 0.6) is 0 Å². The molecule has 1 fully saturated rings. The fourth-order valence-electron chi connectivity index (χ4n) is 5.34. The van der Waals surface area contributed by atoms with Gasteiger partial charge in [0.2, 0.25) is 0 Å². The number of nitrogens with zero attached hydrogens (tertiary/aromatic N) is 5. The van der Waals surface area contributed by atoms with E-state index in [4.69, 9.17) is 20.0 Å². The lowest BCUT2D eigenvalue weighted by Crippen LogP contribution is -2.73. The molecule has 0 bridgehead atoms. The average Bonchev–Trinajstić information content (AvgIpc) is 3.82. The minimum Gasteiger partial charge on any atom is -0.492 e. The van der Waals surface area contributed by atoms with Crippen molar-refractivity contribution in [3.63, 3.8) is 0 Å². The first-order valence-electron chi connectivity index (χ1n) is 15.5. The number of anilines is 1. The Balaban J connectivity index is 1.27. The van der Waals surface area contributed by atoms with Crippen molar-refractivity contribution in [1.29, 1.82) is 0 Å². The van der Waals surface area contributed by atoms with Crippen molar-refractivity contribution < 1.29 is 28.7 Å². The van der Waals surface area contributed by atoms with E-state index in [1.165, 1.54) is 28.0 Å². The number of aromatic nitrogens is 3. The first-order valence-corrected chi connectivity index (χ1v) is 18.3. The standard InChI is InChI=1S/C33H33N7O6S3/c1-3-21(4-2)46-39-25(22-16-47-32(34)36-22)29(41)37-26-23-15-44-24(17-48-33-38-35-18-49-33)27(40(23)30(26)42)31(43)45-28(19-11-7-5-8-12-19)20-13-9-6-10-14-20/h5-14,16,18,21,23,26,28H,3-4,15,17H2,1-2H3,(H2,34,36)(H,37,41)/b39-25-. The maximum absolute atomic E-state index is 14.2. The normalized spacial score (nSPS) is 17.4. The molecular formula is C33H33N7O6S3. The molecule has 0 spiro atoms. The molecule has 2 atom stereocenters. The zero-order valence-corrected chi connectivity index (χ0v) is 29.0.